The highest BCUT2D eigenvalue weighted by molar-refractivity contribution is 6.12. The van der Waals surface area contributed by atoms with Crippen LogP contribution in [0, 0.1) is 0 Å². The topological polar surface area (TPSA) is 76.0 Å². The molecular weight excluding hydrogens is 308 g/mol. The second-order valence-electron chi connectivity index (χ2n) is 5.70. The third-order valence-corrected chi connectivity index (χ3v) is 3.27. The van der Waals surface area contributed by atoms with E-state index in [2.05, 4.69) is 0 Å². The molecular formula is C19H22O5. The number of ether oxygens (including phenoxy) is 2. The Bertz CT molecular complexity index is 722. The van der Waals surface area contributed by atoms with Gasteiger partial charge in [0.2, 0.25) is 0 Å². The van der Waals surface area contributed by atoms with Crippen LogP contribution in [0.3, 0.4) is 0 Å². The van der Waals surface area contributed by atoms with Gasteiger partial charge in [-0.1, -0.05) is 6.92 Å². The molecule has 0 bridgehead atoms. The number of rotatable bonds is 7. The van der Waals surface area contributed by atoms with E-state index in [1.807, 2.05) is 20.8 Å². The van der Waals surface area contributed by atoms with E-state index < -0.39 is 5.78 Å². The van der Waals surface area contributed by atoms with Crippen LogP contribution in [-0.2, 0) is 0 Å². The number of carbonyl (C=O) groups is 1. The van der Waals surface area contributed by atoms with Crippen LogP contribution in [0.2, 0.25) is 0 Å². The largest absolute Gasteiger partial charge is 0.507 e. The van der Waals surface area contributed by atoms with Crippen LogP contribution in [0.15, 0.2) is 36.4 Å². The normalized spacial score (nSPS) is 10.7. The lowest BCUT2D eigenvalue weighted by Gasteiger charge is -2.12. The van der Waals surface area contributed by atoms with Crippen LogP contribution in [0.1, 0.15) is 43.1 Å². The molecule has 5 heteroatoms. The van der Waals surface area contributed by atoms with Gasteiger partial charge in [0, 0.05) is 12.1 Å². The molecule has 2 aromatic rings. The van der Waals surface area contributed by atoms with Crippen molar-refractivity contribution in [1.29, 1.82) is 0 Å². The summed E-state index contributed by atoms with van der Waals surface area (Å²) < 4.78 is 10.9. The van der Waals surface area contributed by atoms with Crippen LogP contribution in [0.25, 0.3) is 0 Å². The molecule has 128 valence electrons. The van der Waals surface area contributed by atoms with E-state index in [1.54, 1.807) is 12.1 Å². The predicted octanol–water partition coefficient (Wildman–Crippen LogP) is 3.90. The molecule has 0 amide bonds. The Morgan fingerprint density at radius 2 is 1.54 bits per heavy atom. The maximum Gasteiger partial charge on any atom is 0.200 e. The number of benzene rings is 2. The van der Waals surface area contributed by atoms with Gasteiger partial charge in [-0.05, 0) is 44.5 Å². The third kappa shape index (κ3) is 4.19. The van der Waals surface area contributed by atoms with Gasteiger partial charge < -0.3 is 19.7 Å². The number of hydrogen-bond acceptors (Lipinski definition) is 5. The molecule has 0 spiro atoms. The van der Waals surface area contributed by atoms with E-state index in [0.717, 1.165) is 6.42 Å². The SMILES string of the molecule is CCCOc1ccc(C(=O)c2ccc(OC(C)C)cc2O)c(O)c1. The number of carbonyl (C=O) groups excluding carboxylic acids is 1. The van der Waals surface area contributed by atoms with E-state index in [0.29, 0.717) is 18.1 Å². The summed E-state index contributed by atoms with van der Waals surface area (Å²) in [4.78, 5) is 12.5. The summed E-state index contributed by atoms with van der Waals surface area (Å²) in [5.74, 6) is 0.130. The van der Waals surface area contributed by atoms with E-state index in [1.165, 1.54) is 24.3 Å². The molecule has 2 N–H and O–H groups in total. The molecule has 0 aromatic heterocycles. The van der Waals surface area contributed by atoms with Gasteiger partial charge in [0.25, 0.3) is 0 Å². The number of ketones is 1. The summed E-state index contributed by atoms with van der Waals surface area (Å²) >= 11 is 0. The molecule has 0 fully saturated rings. The summed E-state index contributed by atoms with van der Waals surface area (Å²) in [5.41, 5.74) is 0.204. The van der Waals surface area contributed by atoms with Crippen molar-refractivity contribution >= 4 is 5.78 Å². The molecule has 2 aromatic carbocycles. The molecule has 0 saturated heterocycles. The summed E-state index contributed by atoms with van der Waals surface area (Å²) in [5, 5.41) is 20.2. The Morgan fingerprint density at radius 1 is 1.00 bits per heavy atom. The molecule has 24 heavy (non-hydrogen) atoms. The van der Waals surface area contributed by atoms with Crippen LogP contribution < -0.4 is 9.47 Å². The van der Waals surface area contributed by atoms with E-state index >= 15 is 0 Å². The molecule has 2 rings (SSSR count). The summed E-state index contributed by atoms with van der Waals surface area (Å²) in [7, 11) is 0. The minimum absolute atomic E-state index is 0.0364. The summed E-state index contributed by atoms with van der Waals surface area (Å²) in [6.07, 6.45) is 0.811. The molecule has 0 saturated carbocycles. The highest BCUT2D eigenvalue weighted by atomic mass is 16.5. The Balaban J connectivity index is 2.25. The monoisotopic (exact) mass is 330 g/mol. The van der Waals surface area contributed by atoms with Gasteiger partial charge in [0.1, 0.15) is 23.0 Å². The van der Waals surface area contributed by atoms with Crippen LogP contribution in [-0.4, -0.2) is 28.7 Å². The zero-order chi connectivity index (χ0) is 17.7. The van der Waals surface area contributed by atoms with Gasteiger partial charge in [-0.15, -0.1) is 0 Å². The molecule has 5 nitrogen and oxygen atoms in total. The Morgan fingerprint density at radius 3 is 2.04 bits per heavy atom. The predicted molar refractivity (Wildman–Crippen MR) is 91.2 cm³/mol. The highest BCUT2D eigenvalue weighted by Crippen LogP contribution is 2.30. The van der Waals surface area contributed by atoms with Gasteiger partial charge in [-0.25, -0.2) is 0 Å². The Hall–Kier alpha value is -2.69. The first-order valence-electron chi connectivity index (χ1n) is 7.92. The summed E-state index contributed by atoms with van der Waals surface area (Å²) in [6, 6.07) is 8.99. The van der Waals surface area contributed by atoms with Crippen molar-refractivity contribution in [2.75, 3.05) is 6.61 Å². The van der Waals surface area contributed by atoms with Crippen molar-refractivity contribution in [3.63, 3.8) is 0 Å². The molecule has 0 aliphatic rings. The van der Waals surface area contributed by atoms with Crippen LogP contribution >= 0.6 is 0 Å². The third-order valence-electron chi connectivity index (χ3n) is 3.27. The molecule has 0 aliphatic heterocycles. The molecule has 0 unspecified atom stereocenters. The minimum Gasteiger partial charge on any atom is -0.507 e. The lowest BCUT2D eigenvalue weighted by Crippen LogP contribution is -2.07. The fourth-order valence-electron chi connectivity index (χ4n) is 2.21. The molecule has 0 aliphatic carbocycles. The molecule has 0 radical (unpaired) electrons. The summed E-state index contributed by atoms with van der Waals surface area (Å²) in [6.45, 7) is 6.25. The lowest BCUT2D eigenvalue weighted by molar-refractivity contribution is 0.103. The Labute approximate surface area is 141 Å². The maximum atomic E-state index is 12.5. The number of aromatic hydroxyl groups is 2. The number of phenolic OH excluding ortho intramolecular Hbond substituents is 2. The first-order valence-corrected chi connectivity index (χ1v) is 7.92. The van der Waals surface area contributed by atoms with Gasteiger partial charge in [-0.2, -0.15) is 0 Å². The van der Waals surface area contributed by atoms with E-state index in [-0.39, 0.29) is 28.7 Å². The zero-order valence-corrected chi connectivity index (χ0v) is 14.1. The van der Waals surface area contributed by atoms with Crippen molar-refractivity contribution in [1.82, 2.24) is 0 Å². The van der Waals surface area contributed by atoms with Crippen LogP contribution in [0.4, 0.5) is 0 Å². The first kappa shape index (κ1) is 17.7. The number of hydrogen-bond donors (Lipinski definition) is 2. The minimum atomic E-state index is -0.469. The number of phenols is 2. The lowest BCUT2D eigenvalue weighted by atomic mass is 10.0. The van der Waals surface area contributed by atoms with Gasteiger partial charge in [0.05, 0.1) is 23.8 Å². The molecule has 0 heterocycles. The van der Waals surface area contributed by atoms with E-state index in [4.69, 9.17) is 9.47 Å². The maximum absolute atomic E-state index is 12.5. The van der Waals surface area contributed by atoms with Crippen molar-refractivity contribution in [2.45, 2.75) is 33.3 Å². The average molecular weight is 330 g/mol. The Kier molecular flexibility index (Phi) is 5.68. The smallest absolute Gasteiger partial charge is 0.200 e. The second kappa shape index (κ2) is 7.73. The quantitative estimate of drug-likeness (QED) is 0.753. The molecule has 0 atom stereocenters. The van der Waals surface area contributed by atoms with Crippen molar-refractivity contribution in [2.24, 2.45) is 0 Å². The van der Waals surface area contributed by atoms with Crippen molar-refractivity contribution in [3.8, 4) is 23.0 Å². The van der Waals surface area contributed by atoms with Gasteiger partial charge in [-0.3, -0.25) is 4.79 Å². The zero-order valence-electron chi connectivity index (χ0n) is 14.1. The fourth-order valence-corrected chi connectivity index (χ4v) is 2.21. The standard InChI is InChI=1S/C19H22O5/c1-4-9-23-13-5-7-15(17(20)10-13)19(22)16-8-6-14(11-18(16)21)24-12(2)3/h5-8,10-12,20-21H,4,9H2,1-3H3. The highest BCUT2D eigenvalue weighted by Gasteiger charge is 2.18. The first-order chi connectivity index (χ1) is 11.4. The van der Waals surface area contributed by atoms with Gasteiger partial charge >= 0.3 is 0 Å². The van der Waals surface area contributed by atoms with Gasteiger partial charge in [0.15, 0.2) is 5.78 Å². The van der Waals surface area contributed by atoms with Crippen molar-refractivity contribution in [3.05, 3.63) is 47.5 Å². The van der Waals surface area contributed by atoms with Crippen LogP contribution in [0.5, 0.6) is 23.0 Å². The second-order valence-corrected chi connectivity index (χ2v) is 5.70. The van der Waals surface area contributed by atoms with E-state index in [9.17, 15) is 15.0 Å². The fraction of sp³-hybridized carbons (Fsp3) is 0.316. The average Bonchev–Trinajstić information content (AvgIpc) is 2.52. The van der Waals surface area contributed by atoms with Crippen molar-refractivity contribution < 1.29 is 24.5 Å².